The number of carbonyl (C=O) groups excluding carboxylic acids is 2. The molecule has 1 aromatic heterocycles. The molecule has 0 aliphatic rings. The number of esters is 1. The van der Waals surface area contributed by atoms with Crippen molar-refractivity contribution >= 4 is 45.3 Å². The van der Waals surface area contributed by atoms with Crippen LogP contribution in [0.1, 0.15) is 17.3 Å². The highest BCUT2D eigenvalue weighted by molar-refractivity contribution is 9.10. The topological polar surface area (TPSA) is 86.1 Å². The number of halogens is 1. The number of nitrogens with zero attached hydrogens (tertiary/aromatic N) is 3. The molecule has 0 saturated carbocycles. The van der Waals surface area contributed by atoms with Crippen molar-refractivity contribution in [3.63, 3.8) is 0 Å². The molecule has 2 aromatic carbocycles. The van der Waals surface area contributed by atoms with Gasteiger partial charge in [0.1, 0.15) is 0 Å². The van der Waals surface area contributed by atoms with Crippen molar-refractivity contribution in [2.24, 2.45) is 0 Å². The molecule has 0 unspecified atom stereocenters. The number of ether oxygens (including phenoxy) is 1. The minimum atomic E-state index is -0.452. The first-order chi connectivity index (χ1) is 14.0. The van der Waals surface area contributed by atoms with Gasteiger partial charge in [-0.25, -0.2) is 4.79 Å². The maximum Gasteiger partial charge on any atom is 0.337 e. The summed E-state index contributed by atoms with van der Waals surface area (Å²) in [4.78, 5) is 24.0. The maximum absolute atomic E-state index is 12.3. The molecule has 3 rings (SSSR count). The van der Waals surface area contributed by atoms with Crippen LogP contribution in [0.3, 0.4) is 0 Å². The van der Waals surface area contributed by atoms with Crippen LogP contribution >= 0.6 is 27.7 Å². The van der Waals surface area contributed by atoms with Crippen molar-refractivity contribution in [2.45, 2.75) is 18.6 Å². The third kappa shape index (κ3) is 5.24. The van der Waals surface area contributed by atoms with Gasteiger partial charge in [-0.05, 0) is 37.3 Å². The Balaban J connectivity index is 1.66. The van der Waals surface area contributed by atoms with Crippen molar-refractivity contribution in [1.82, 2.24) is 14.8 Å². The van der Waals surface area contributed by atoms with Gasteiger partial charge in [-0.2, -0.15) is 0 Å². The monoisotopic (exact) mass is 474 g/mol. The Hall–Kier alpha value is -2.65. The standard InChI is InChI=1S/C20H19BrN4O3S/c1-3-25-18(13-7-9-15(21)10-8-13)23-24-20(25)29-12-17(26)22-16-6-4-5-14(11-16)19(27)28-2/h4-11H,3,12H2,1-2H3,(H,22,26). The van der Waals surface area contributed by atoms with Gasteiger partial charge >= 0.3 is 5.97 Å². The second-order valence-corrected chi connectivity index (χ2v) is 7.82. The zero-order valence-electron chi connectivity index (χ0n) is 15.9. The smallest absolute Gasteiger partial charge is 0.337 e. The third-order valence-corrected chi connectivity index (χ3v) is 5.53. The number of carbonyl (C=O) groups is 2. The molecule has 0 fully saturated rings. The highest BCUT2D eigenvalue weighted by atomic mass is 79.9. The molecule has 1 N–H and O–H groups in total. The highest BCUT2D eigenvalue weighted by Crippen LogP contribution is 2.25. The lowest BCUT2D eigenvalue weighted by molar-refractivity contribution is -0.113. The minimum Gasteiger partial charge on any atom is -0.465 e. The number of amides is 1. The number of benzene rings is 2. The van der Waals surface area contributed by atoms with E-state index in [-0.39, 0.29) is 11.7 Å². The summed E-state index contributed by atoms with van der Waals surface area (Å²) in [6.45, 7) is 2.69. The molecule has 0 radical (unpaired) electrons. The van der Waals surface area contributed by atoms with Gasteiger partial charge in [0.25, 0.3) is 0 Å². The molecule has 1 amide bonds. The van der Waals surface area contributed by atoms with Crippen LogP contribution in [0, 0.1) is 0 Å². The first kappa shape index (κ1) is 21.1. The fourth-order valence-electron chi connectivity index (χ4n) is 2.66. The molecule has 0 aliphatic heterocycles. The lowest BCUT2D eigenvalue weighted by Crippen LogP contribution is -2.15. The van der Waals surface area contributed by atoms with Gasteiger partial charge in [-0.15, -0.1) is 10.2 Å². The average molecular weight is 475 g/mol. The normalized spacial score (nSPS) is 10.6. The largest absolute Gasteiger partial charge is 0.465 e. The molecule has 7 nitrogen and oxygen atoms in total. The Morgan fingerprint density at radius 1 is 1.17 bits per heavy atom. The summed E-state index contributed by atoms with van der Waals surface area (Å²) < 4.78 is 7.66. The van der Waals surface area contributed by atoms with Crippen molar-refractivity contribution < 1.29 is 14.3 Å². The van der Waals surface area contributed by atoms with E-state index in [4.69, 9.17) is 4.74 Å². The second kappa shape index (κ2) is 9.71. The molecule has 0 saturated heterocycles. The van der Waals surface area contributed by atoms with E-state index in [1.807, 2.05) is 35.8 Å². The molecule has 0 spiro atoms. The number of hydrogen-bond donors (Lipinski definition) is 1. The van der Waals surface area contributed by atoms with Crippen molar-refractivity contribution in [3.8, 4) is 11.4 Å². The van der Waals surface area contributed by atoms with E-state index >= 15 is 0 Å². The van der Waals surface area contributed by atoms with E-state index in [9.17, 15) is 9.59 Å². The van der Waals surface area contributed by atoms with Crippen molar-refractivity contribution in [1.29, 1.82) is 0 Å². The number of anilines is 1. The molecule has 0 bridgehead atoms. The Morgan fingerprint density at radius 3 is 2.62 bits per heavy atom. The molecule has 0 atom stereocenters. The molecule has 3 aromatic rings. The number of aromatic nitrogens is 3. The van der Waals surface area contributed by atoms with Gasteiger partial charge in [0.05, 0.1) is 18.4 Å². The molecule has 9 heteroatoms. The highest BCUT2D eigenvalue weighted by Gasteiger charge is 2.15. The average Bonchev–Trinajstić information content (AvgIpc) is 3.15. The van der Waals surface area contributed by atoms with Gasteiger partial charge in [0.15, 0.2) is 11.0 Å². The van der Waals surface area contributed by atoms with Crippen LogP contribution in [-0.2, 0) is 16.1 Å². The number of rotatable bonds is 7. The number of hydrogen-bond acceptors (Lipinski definition) is 6. The van der Waals surface area contributed by atoms with Crippen molar-refractivity contribution in [2.75, 3.05) is 18.2 Å². The summed E-state index contributed by atoms with van der Waals surface area (Å²) in [5, 5.41) is 12.0. The summed E-state index contributed by atoms with van der Waals surface area (Å²) >= 11 is 4.74. The Bertz CT molecular complexity index is 1020. The van der Waals surface area contributed by atoms with E-state index in [2.05, 4.69) is 31.4 Å². The van der Waals surface area contributed by atoms with E-state index in [0.717, 1.165) is 15.9 Å². The van der Waals surface area contributed by atoms with Gasteiger partial charge in [0.2, 0.25) is 5.91 Å². The Morgan fingerprint density at radius 2 is 1.93 bits per heavy atom. The molecule has 150 valence electrons. The predicted molar refractivity (Wildman–Crippen MR) is 116 cm³/mol. The van der Waals surface area contributed by atoms with Crippen LogP contribution in [0.25, 0.3) is 11.4 Å². The number of thioether (sulfide) groups is 1. The van der Waals surface area contributed by atoms with Crippen LogP contribution in [0.2, 0.25) is 0 Å². The van der Waals surface area contributed by atoms with Gasteiger partial charge in [-0.3, -0.25) is 4.79 Å². The minimum absolute atomic E-state index is 0.168. The summed E-state index contributed by atoms with van der Waals surface area (Å²) in [5.74, 6) is 0.273. The number of nitrogens with one attached hydrogen (secondary N) is 1. The maximum atomic E-state index is 12.3. The van der Waals surface area contributed by atoms with E-state index in [0.29, 0.717) is 23.0 Å². The van der Waals surface area contributed by atoms with E-state index in [1.165, 1.54) is 18.9 Å². The molecule has 0 aliphatic carbocycles. The lowest BCUT2D eigenvalue weighted by atomic mass is 10.2. The summed E-state index contributed by atoms with van der Waals surface area (Å²) in [6, 6.07) is 14.4. The van der Waals surface area contributed by atoms with Crippen molar-refractivity contribution in [3.05, 3.63) is 58.6 Å². The zero-order chi connectivity index (χ0) is 20.8. The molecular formula is C20H19BrN4O3S. The fourth-order valence-corrected chi connectivity index (χ4v) is 3.73. The Kier molecular flexibility index (Phi) is 7.05. The van der Waals surface area contributed by atoms with Crippen LogP contribution in [0.5, 0.6) is 0 Å². The third-order valence-electron chi connectivity index (χ3n) is 4.04. The lowest BCUT2D eigenvalue weighted by Gasteiger charge is -2.08. The summed E-state index contributed by atoms with van der Waals surface area (Å²) in [6.07, 6.45) is 0. The van der Waals surface area contributed by atoms with Gasteiger partial charge in [0, 0.05) is 22.3 Å². The predicted octanol–water partition coefficient (Wildman–Crippen LogP) is 4.24. The number of methoxy groups -OCH3 is 1. The zero-order valence-corrected chi connectivity index (χ0v) is 18.3. The van der Waals surface area contributed by atoms with E-state index < -0.39 is 5.97 Å². The van der Waals surface area contributed by atoms with Crippen LogP contribution < -0.4 is 5.32 Å². The quantitative estimate of drug-likeness (QED) is 0.406. The summed E-state index contributed by atoms with van der Waals surface area (Å²) in [5.41, 5.74) is 1.87. The van der Waals surface area contributed by atoms with Gasteiger partial charge < -0.3 is 14.6 Å². The van der Waals surface area contributed by atoms with Crippen LogP contribution in [0.4, 0.5) is 5.69 Å². The van der Waals surface area contributed by atoms with Gasteiger partial charge in [-0.1, -0.05) is 45.9 Å². The molecule has 29 heavy (non-hydrogen) atoms. The molecule has 1 heterocycles. The SMILES string of the molecule is CCn1c(SCC(=O)Nc2cccc(C(=O)OC)c2)nnc1-c1ccc(Br)cc1. The molecular weight excluding hydrogens is 456 g/mol. The first-order valence-corrected chi connectivity index (χ1v) is 10.6. The Labute approximate surface area is 181 Å². The fraction of sp³-hybridized carbons (Fsp3) is 0.200. The summed E-state index contributed by atoms with van der Waals surface area (Å²) in [7, 11) is 1.32. The van der Waals surface area contributed by atoms with Crippen LogP contribution in [-0.4, -0.2) is 39.5 Å². The second-order valence-electron chi connectivity index (χ2n) is 5.97. The van der Waals surface area contributed by atoms with Crippen LogP contribution in [0.15, 0.2) is 58.2 Å². The first-order valence-electron chi connectivity index (χ1n) is 8.82. The van der Waals surface area contributed by atoms with E-state index in [1.54, 1.807) is 24.3 Å².